The second-order valence-corrected chi connectivity index (χ2v) is 10.5. The summed E-state index contributed by atoms with van der Waals surface area (Å²) in [4.78, 5) is 0. The van der Waals surface area contributed by atoms with Crippen LogP contribution in [0.25, 0.3) is 0 Å². The zero-order valence-corrected chi connectivity index (χ0v) is 22.4. The van der Waals surface area contributed by atoms with Crippen LogP contribution in [0.4, 0.5) is 0 Å². The molecule has 0 N–H and O–H groups in total. The van der Waals surface area contributed by atoms with Crippen LogP contribution < -0.4 is 0 Å². The Kier molecular flexibility index (Phi) is 22.5. The van der Waals surface area contributed by atoms with Crippen molar-refractivity contribution in [3.8, 4) is 0 Å². The second-order valence-electron chi connectivity index (χ2n) is 10.5. The average Bonchev–Trinajstić information content (AvgIpc) is 2.81. The summed E-state index contributed by atoms with van der Waals surface area (Å²) in [6.45, 7) is 6.52. The summed E-state index contributed by atoms with van der Waals surface area (Å²) in [7, 11) is 0. The van der Waals surface area contributed by atoms with E-state index in [1.165, 1.54) is 148 Å². The van der Waals surface area contributed by atoms with E-state index < -0.39 is 0 Å². The van der Waals surface area contributed by atoms with Gasteiger partial charge in [-0.2, -0.15) is 0 Å². The smallest absolute Gasteiger partial charge is 0.0599 e. The highest BCUT2D eigenvalue weighted by atomic mass is 16.5. The molecular weight excluding hydrogens is 392 g/mol. The first-order valence-electron chi connectivity index (χ1n) is 15.1. The maximum atomic E-state index is 6.21. The number of rotatable bonds is 24. The van der Waals surface area contributed by atoms with Crippen molar-refractivity contribution in [3.63, 3.8) is 0 Å². The zero-order valence-electron chi connectivity index (χ0n) is 22.4. The van der Waals surface area contributed by atoms with Crippen molar-refractivity contribution in [1.29, 1.82) is 0 Å². The first kappa shape index (κ1) is 30.0. The Bertz CT molecular complexity index is 325. The van der Waals surface area contributed by atoms with E-state index in [1.54, 1.807) is 0 Å². The van der Waals surface area contributed by atoms with Crippen molar-refractivity contribution in [2.45, 2.75) is 180 Å². The van der Waals surface area contributed by atoms with Crippen molar-refractivity contribution in [2.24, 2.45) is 0 Å². The molecule has 0 aromatic rings. The number of unbranched alkanes of at least 4 members (excludes halogenated alkanes) is 18. The van der Waals surface area contributed by atoms with Crippen molar-refractivity contribution in [3.05, 3.63) is 0 Å². The molecule has 0 amide bonds. The van der Waals surface area contributed by atoms with Gasteiger partial charge in [-0.15, -0.1) is 0 Å². The average molecular weight is 453 g/mol. The summed E-state index contributed by atoms with van der Waals surface area (Å²) in [5.74, 6) is 0. The normalized spacial score (nSPS) is 18.9. The van der Waals surface area contributed by atoms with Gasteiger partial charge in [-0.1, -0.05) is 129 Å². The highest BCUT2D eigenvalue weighted by molar-refractivity contribution is 4.74. The molecule has 0 saturated heterocycles. The van der Waals surface area contributed by atoms with Gasteiger partial charge in [0.05, 0.1) is 12.2 Å². The first-order valence-corrected chi connectivity index (χ1v) is 15.1. The van der Waals surface area contributed by atoms with Gasteiger partial charge in [0.15, 0.2) is 0 Å². The lowest BCUT2D eigenvalue weighted by Crippen LogP contribution is -2.28. The molecule has 192 valence electrons. The molecule has 2 unspecified atom stereocenters. The fourth-order valence-electron chi connectivity index (χ4n) is 5.08. The van der Waals surface area contributed by atoms with Crippen LogP contribution in [0.3, 0.4) is 0 Å². The van der Waals surface area contributed by atoms with E-state index in [1.807, 2.05) is 0 Å². The fraction of sp³-hybridized carbons (Fsp3) is 1.00. The Morgan fingerprint density at radius 2 is 0.750 bits per heavy atom. The molecule has 1 aliphatic carbocycles. The largest absolute Gasteiger partial charge is 0.378 e. The Labute approximate surface area is 203 Å². The molecule has 32 heavy (non-hydrogen) atoms. The standard InChI is InChI=1S/C30H60O2/c1-3-5-7-9-11-13-15-17-19-21-26-31-29-24-23-25-30(28-29)32-27-22-20-18-16-14-12-10-8-6-4-2/h29-30H,3-28H2,1-2H3. The third-order valence-corrected chi connectivity index (χ3v) is 7.28. The highest BCUT2D eigenvalue weighted by Gasteiger charge is 2.22. The van der Waals surface area contributed by atoms with E-state index in [0.717, 1.165) is 19.6 Å². The molecule has 1 fully saturated rings. The van der Waals surface area contributed by atoms with Gasteiger partial charge in [-0.05, 0) is 38.5 Å². The molecule has 2 nitrogen and oxygen atoms in total. The summed E-state index contributed by atoms with van der Waals surface area (Å²) >= 11 is 0. The minimum absolute atomic E-state index is 0.458. The van der Waals surface area contributed by atoms with Crippen LogP contribution in [0.15, 0.2) is 0 Å². The molecule has 0 radical (unpaired) electrons. The van der Waals surface area contributed by atoms with E-state index >= 15 is 0 Å². The molecule has 0 aromatic carbocycles. The van der Waals surface area contributed by atoms with Gasteiger partial charge in [0.25, 0.3) is 0 Å². The van der Waals surface area contributed by atoms with Gasteiger partial charge in [0, 0.05) is 13.2 Å². The molecule has 0 aliphatic heterocycles. The molecule has 0 aromatic heterocycles. The van der Waals surface area contributed by atoms with Gasteiger partial charge in [-0.25, -0.2) is 0 Å². The van der Waals surface area contributed by atoms with E-state index in [2.05, 4.69) is 13.8 Å². The molecule has 1 saturated carbocycles. The molecule has 1 aliphatic rings. The van der Waals surface area contributed by atoms with Crippen LogP contribution in [0, 0.1) is 0 Å². The second kappa shape index (κ2) is 24.1. The molecular formula is C30H60O2. The molecule has 0 bridgehead atoms. The summed E-state index contributed by atoms with van der Waals surface area (Å²) < 4.78 is 12.4. The van der Waals surface area contributed by atoms with Crippen LogP contribution in [0.5, 0.6) is 0 Å². The number of ether oxygens (including phenoxy) is 2. The van der Waals surface area contributed by atoms with E-state index in [0.29, 0.717) is 12.2 Å². The maximum absolute atomic E-state index is 6.21. The van der Waals surface area contributed by atoms with Gasteiger partial charge >= 0.3 is 0 Å². The summed E-state index contributed by atoms with van der Waals surface area (Å²) in [5.41, 5.74) is 0. The lowest BCUT2D eigenvalue weighted by Gasteiger charge is -2.29. The maximum Gasteiger partial charge on any atom is 0.0599 e. The van der Waals surface area contributed by atoms with Crippen LogP contribution in [0.1, 0.15) is 168 Å². The molecule has 0 spiro atoms. The quantitative estimate of drug-likeness (QED) is 0.136. The van der Waals surface area contributed by atoms with Crippen molar-refractivity contribution >= 4 is 0 Å². The third-order valence-electron chi connectivity index (χ3n) is 7.28. The van der Waals surface area contributed by atoms with E-state index in [-0.39, 0.29) is 0 Å². The highest BCUT2D eigenvalue weighted by Crippen LogP contribution is 2.24. The van der Waals surface area contributed by atoms with Crippen molar-refractivity contribution in [1.82, 2.24) is 0 Å². The summed E-state index contributed by atoms with van der Waals surface area (Å²) in [5, 5.41) is 0. The van der Waals surface area contributed by atoms with E-state index in [4.69, 9.17) is 9.47 Å². The molecule has 0 heterocycles. The minimum atomic E-state index is 0.458. The zero-order chi connectivity index (χ0) is 23.0. The van der Waals surface area contributed by atoms with Crippen LogP contribution in [0.2, 0.25) is 0 Å². The third kappa shape index (κ3) is 19.4. The monoisotopic (exact) mass is 452 g/mol. The minimum Gasteiger partial charge on any atom is -0.378 e. The number of hydrogen-bond acceptors (Lipinski definition) is 2. The predicted octanol–water partition coefficient (Wildman–Crippen LogP) is 10.2. The Hall–Kier alpha value is -0.0800. The van der Waals surface area contributed by atoms with Crippen molar-refractivity contribution in [2.75, 3.05) is 13.2 Å². The van der Waals surface area contributed by atoms with Crippen LogP contribution in [-0.2, 0) is 9.47 Å². The molecule has 1 rings (SSSR count). The lowest BCUT2D eigenvalue weighted by molar-refractivity contribution is -0.0460. The van der Waals surface area contributed by atoms with Crippen molar-refractivity contribution < 1.29 is 9.47 Å². The van der Waals surface area contributed by atoms with Gasteiger partial charge in [-0.3, -0.25) is 0 Å². The topological polar surface area (TPSA) is 18.5 Å². The SMILES string of the molecule is CCCCCCCCCCCCOC1CCCC(OCCCCCCCCCCCC)C1. The van der Waals surface area contributed by atoms with Gasteiger partial charge < -0.3 is 9.47 Å². The van der Waals surface area contributed by atoms with Gasteiger partial charge in [0.2, 0.25) is 0 Å². The van der Waals surface area contributed by atoms with Gasteiger partial charge in [0.1, 0.15) is 0 Å². The Balaban J connectivity index is 1.85. The fourth-order valence-corrected chi connectivity index (χ4v) is 5.08. The summed E-state index contributed by atoms with van der Waals surface area (Å²) in [6, 6.07) is 0. The molecule has 2 atom stereocenters. The number of hydrogen-bond donors (Lipinski definition) is 0. The van der Waals surface area contributed by atoms with E-state index in [9.17, 15) is 0 Å². The van der Waals surface area contributed by atoms with Crippen LogP contribution >= 0.6 is 0 Å². The molecule has 2 heteroatoms. The Morgan fingerprint density at radius 1 is 0.438 bits per heavy atom. The Morgan fingerprint density at radius 3 is 1.09 bits per heavy atom. The predicted molar refractivity (Wildman–Crippen MR) is 142 cm³/mol. The lowest BCUT2D eigenvalue weighted by atomic mass is 9.95. The summed E-state index contributed by atoms with van der Waals surface area (Å²) in [6.07, 6.45) is 33.7. The first-order chi connectivity index (χ1) is 15.9. The van der Waals surface area contributed by atoms with Crippen LogP contribution in [-0.4, -0.2) is 25.4 Å².